The maximum Gasteiger partial charge on any atom is 0.0613 e. The number of piperidine rings is 1. The zero-order valence-corrected chi connectivity index (χ0v) is 11.5. The topological polar surface area (TPSA) is 29.3 Å². The molecule has 2 N–H and O–H groups in total. The molecule has 1 aromatic carbocycles. The van der Waals surface area contributed by atoms with Crippen molar-refractivity contribution < 1.29 is 0 Å². The molecule has 2 atom stereocenters. The van der Waals surface area contributed by atoms with E-state index in [9.17, 15) is 0 Å². The number of anilines is 2. The van der Waals surface area contributed by atoms with Crippen LogP contribution >= 0.6 is 15.9 Å². The third-order valence-corrected chi connectivity index (χ3v) is 4.17. The second-order valence-corrected chi connectivity index (χ2v) is 5.67. The summed E-state index contributed by atoms with van der Waals surface area (Å²) in [7, 11) is 0. The molecule has 16 heavy (non-hydrogen) atoms. The van der Waals surface area contributed by atoms with E-state index in [0.29, 0.717) is 6.04 Å². The molecule has 1 aliphatic heterocycles. The average Bonchev–Trinajstić information content (AvgIpc) is 2.26. The molecule has 2 rings (SSSR count). The molecule has 2 unspecified atom stereocenters. The highest BCUT2D eigenvalue weighted by molar-refractivity contribution is 9.10. The number of nitrogens with two attached hydrogens (primary N) is 1. The van der Waals surface area contributed by atoms with Crippen LogP contribution in [0, 0.1) is 5.92 Å². The van der Waals surface area contributed by atoms with Crippen LogP contribution < -0.4 is 10.6 Å². The van der Waals surface area contributed by atoms with E-state index in [4.69, 9.17) is 5.73 Å². The molecule has 1 aliphatic rings. The molecule has 0 radical (unpaired) electrons. The van der Waals surface area contributed by atoms with Gasteiger partial charge in [0.1, 0.15) is 0 Å². The molecular weight excluding hydrogens is 264 g/mol. The van der Waals surface area contributed by atoms with Crippen molar-refractivity contribution in [2.24, 2.45) is 5.92 Å². The van der Waals surface area contributed by atoms with Gasteiger partial charge in [0.15, 0.2) is 0 Å². The Morgan fingerprint density at radius 2 is 2.12 bits per heavy atom. The van der Waals surface area contributed by atoms with E-state index in [1.807, 2.05) is 12.1 Å². The molecule has 0 aliphatic carbocycles. The first-order chi connectivity index (χ1) is 7.59. The SMILES string of the molecule is CC1CCCN(c2cc(Br)ccc2N)C1C. The third-order valence-electron chi connectivity index (χ3n) is 3.68. The minimum absolute atomic E-state index is 0.574. The summed E-state index contributed by atoms with van der Waals surface area (Å²) >= 11 is 3.52. The van der Waals surface area contributed by atoms with E-state index < -0.39 is 0 Å². The fourth-order valence-electron chi connectivity index (χ4n) is 2.44. The number of halogens is 1. The van der Waals surface area contributed by atoms with E-state index in [-0.39, 0.29) is 0 Å². The smallest absolute Gasteiger partial charge is 0.0613 e. The number of hydrogen-bond acceptors (Lipinski definition) is 2. The van der Waals surface area contributed by atoms with Crippen molar-refractivity contribution >= 4 is 27.3 Å². The van der Waals surface area contributed by atoms with Crippen molar-refractivity contribution in [2.75, 3.05) is 17.2 Å². The second kappa shape index (κ2) is 4.66. The minimum Gasteiger partial charge on any atom is -0.397 e. The van der Waals surface area contributed by atoms with Gasteiger partial charge in [-0.3, -0.25) is 0 Å². The van der Waals surface area contributed by atoms with Crippen LogP contribution in [0.2, 0.25) is 0 Å². The lowest BCUT2D eigenvalue weighted by molar-refractivity contribution is 0.364. The summed E-state index contributed by atoms with van der Waals surface area (Å²) in [6, 6.07) is 6.68. The molecule has 2 nitrogen and oxygen atoms in total. The lowest BCUT2D eigenvalue weighted by Gasteiger charge is -2.40. The number of rotatable bonds is 1. The Morgan fingerprint density at radius 1 is 1.38 bits per heavy atom. The minimum atomic E-state index is 0.574. The van der Waals surface area contributed by atoms with E-state index >= 15 is 0 Å². The van der Waals surface area contributed by atoms with Crippen LogP contribution in [-0.2, 0) is 0 Å². The summed E-state index contributed by atoms with van der Waals surface area (Å²) in [5.41, 5.74) is 8.12. The van der Waals surface area contributed by atoms with Crippen LogP contribution in [0.1, 0.15) is 26.7 Å². The zero-order chi connectivity index (χ0) is 11.7. The first kappa shape index (κ1) is 11.8. The normalized spacial score (nSPS) is 25.8. The lowest BCUT2D eigenvalue weighted by Crippen LogP contribution is -2.42. The summed E-state index contributed by atoms with van der Waals surface area (Å²) in [5, 5.41) is 0. The van der Waals surface area contributed by atoms with E-state index in [1.54, 1.807) is 0 Å². The molecule has 0 spiro atoms. The Labute approximate surface area is 106 Å². The monoisotopic (exact) mass is 282 g/mol. The van der Waals surface area contributed by atoms with Gasteiger partial charge < -0.3 is 10.6 Å². The Morgan fingerprint density at radius 3 is 2.88 bits per heavy atom. The standard InChI is InChI=1S/C13H19BrN2/c1-9-4-3-7-16(10(9)2)13-8-11(14)5-6-12(13)15/h5-6,8-10H,3-4,7,15H2,1-2H3. The van der Waals surface area contributed by atoms with Crippen molar-refractivity contribution in [1.29, 1.82) is 0 Å². The van der Waals surface area contributed by atoms with E-state index in [1.165, 1.54) is 18.5 Å². The van der Waals surface area contributed by atoms with Crippen LogP contribution in [0.25, 0.3) is 0 Å². The van der Waals surface area contributed by atoms with Crippen molar-refractivity contribution in [3.8, 4) is 0 Å². The van der Waals surface area contributed by atoms with Crippen molar-refractivity contribution in [1.82, 2.24) is 0 Å². The number of nitrogens with zero attached hydrogens (tertiary/aromatic N) is 1. The maximum absolute atomic E-state index is 6.07. The quantitative estimate of drug-likeness (QED) is 0.797. The highest BCUT2D eigenvalue weighted by atomic mass is 79.9. The second-order valence-electron chi connectivity index (χ2n) is 4.76. The summed E-state index contributed by atoms with van der Waals surface area (Å²) in [6.45, 7) is 5.74. The average molecular weight is 283 g/mol. The Kier molecular flexibility index (Phi) is 3.43. The molecule has 0 saturated carbocycles. The van der Waals surface area contributed by atoms with Crippen LogP contribution in [0.5, 0.6) is 0 Å². The van der Waals surface area contributed by atoms with Gasteiger partial charge in [0.05, 0.1) is 11.4 Å². The van der Waals surface area contributed by atoms with Gasteiger partial charge in [-0.05, 0) is 43.9 Å². The van der Waals surface area contributed by atoms with Gasteiger partial charge in [-0.15, -0.1) is 0 Å². The Hall–Kier alpha value is -0.700. The van der Waals surface area contributed by atoms with Crippen molar-refractivity contribution in [3.05, 3.63) is 22.7 Å². The van der Waals surface area contributed by atoms with Crippen molar-refractivity contribution in [3.63, 3.8) is 0 Å². The molecule has 1 saturated heterocycles. The van der Waals surface area contributed by atoms with Gasteiger partial charge >= 0.3 is 0 Å². The summed E-state index contributed by atoms with van der Waals surface area (Å²) < 4.78 is 1.10. The van der Waals surface area contributed by atoms with Crippen molar-refractivity contribution in [2.45, 2.75) is 32.7 Å². The Bertz CT molecular complexity index is 378. The van der Waals surface area contributed by atoms with Gasteiger partial charge in [0.2, 0.25) is 0 Å². The first-order valence-corrected chi connectivity index (χ1v) is 6.70. The fourth-order valence-corrected chi connectivity index (χ4v) is 2.79. The molecule has 88 valence electrons. The number of nitrogen functional groups attached to an aromatic ring is 1. The molecular formula is C13H19BrN2. The largest absolute Gasteiger partial charge is 0.397 e. The predicted molar refractivity (Wildman–Crippen MR) is 73.8 cm³/mol. The zero-order valence-electron chi connectivity index (χ0n) is 9.91. The Balaban J connectivity index is 2.31. The van der Waals surface area contributed by atoms with E-state index in [2.05, 4.69) is 40.7 Å². The molecule has 0 aromatic heterocycles. The summed E-state index contributed by atoms with van der Waals surface area (Å²) in [5.74, 6) is 0.743. The molecule has 1 fully saturated rings. The maximum atomic E-state index is 6.07. The lowest BCUT2D eigenvalue weighted by atomic mass is 9.91. The van der Waals surface area contributed by atoms with Crippen LogP contribution in [0.15, 0.2) is 22.7 Å². The number of benzene rings is 1. The third kappa shape index (κ3) is 2.19. The number of hydrogen-bond donors (Lipinski definition) is 1. The molecule has 3 heteroatoms. The molecule has 0 amide bonds. The fraction of sp³-hybridized carbons (Fsp3) is 0.538. The van der Waals surface area contributed by atoms with Crippen LogP contribution in [0.4, 0.5) is 11.4 Å². The highest BCUT2D eigenvalue weighted by Crippen LogP contribution is 2.33. The van der Waals surface area contributed by atoms with Gasteiger partial charge in [-0.1, -0.05) is 22.9 Å². The predicted octanol–water partition coefficient (Wildman–Crippen LogP) is 3.66. The van der Waals surface area contributed by atoms with E-state index in [0.717, 1.165) is 22.6 Å². The van der Waals surface area contributed by atoms with Gasteiger partial charge in [-0.2, -0.15) is 0 Å². The molecule has 1 heterocycles. The summed E-state index contributed by atoms with van der Waals surface area (Å²) in [4.78, 5) is 2.44. The first-order valence-electron chi connectivity index (χ1n) is 5.91. The molecule has 1 aromatic rings. The van der Waals surface area contributed by atoms with Crippen LogP contribution in [0.3, 0.4) is 0 Å². The molecule has 0 bridgehead atoms. The van der Waals surface area contributed by atoms with Gasteiger partial charge in [0, 0.05) is 17.1 Å². The van der Waals surface area contributed by atoms with Gasteiger partial charge in [-0.25, -0.2) is 0 Å². The van der Waals surface area contributed by atoms with Crippen LogP contribution in [-0.4, -0.2) is 12.6 Å². The highest BCUT2D eigenvalue weighted by Gasteiger charge is 2.25. The summed E-state index contributed by atoms with van der Waals surface area (Å²) in [6.07, 6.45) is 2.59. The van der Waals surface area contributed by atoms with Gasteiger partial charge in [0.25, 0.3) is 0 Å².